The van der Waals surface area contributed by atoms with Gasteiger partial charge < -0.3 is 15.5 Å². The monoisotopic (exact) mass is 257 g/mol. The molecule has 0 aliphatic heterocycles. The molecule has 4 nitrogen and oxygen atoms in total. The fourth-order valence-corrected chi connectivity index (χ4v) is 1.36. The molecule has 0 saturated carbocycles. The van der Waals surface area contributed by atoms with Crippen molar-refractivity contribution in [2.24, 2.45) is 5.92 Å². The van der Waals surface area contributed by atoms with Crippen molar-refractivity contribution in [1.82, 2.24) is 5.32 Å². The van der Waals surface area contributed by atoms with Crippen LogP contribution < -0.4 is 5.32 Å². The van der Waals surface area contributed by atoms with Crippen molar-refractivity contribution in [3.8, 4) is 5.75 Å². The van der Waals surface area contributed by atoms with E-state index in [0.717, 1.165) is 0 Å². The predicted octanol–water partition coefficient (Wildman–Crippen LogP) is 1.79. The molecule has 5 heteroatoms. The maximum atomic E-state index is 11.7. The van der Waals surface area contributed by atoms with E-state index in [1.165, 1.54) is 18.2 Å². The van der Waals surface area contributed by atoms with Crippen molar-refractivity contribution in [2.45, 2.75) is 20.0 Å². The zero-order valence-corrected chi connectivity index (χ0v) is 10.5. The maximum Gasteiger partial charge on any atom is 0.251 e. The fourth-order valence-electron chi connectivity index (χ4n) is 1.18. The smallest absolute Gasteiger partial charge is 0.251 e. The lowest BCUT2D eigenvalue weighted by molar-refractivity contribution is 0.0871. The number of carbonyl (C=O) groups is 1. The highest BCUT2D eigenvalue weighted by molar-refractivity contribution is 6.32. The first kappa shape index (κ1) is 13.8. The first-order valence-electron chi connectivity index (χ1n) is 5.36. The van der Waals surface area contributed by atoms with Gasteiger partial charge in [-0.2, -0.15) is 0 Å². The van der Waals surface area contributed by atoms with Crippen molar-refractivity contribution in [2.75, 3.05) is 6.54 Å². The molecule has 17 heavy (non-hydrogen) atoms. The Bertz CT molecular complexity index is 407. The second-order valence-corrected chi connectivity index (χ2v) is 4.59. The molecule has 94 valence electrons. The Morgan fingerprint density at radius 2 is 2.12 bits per heavy atom. The van der Waals surface area contributed by atoms with Gasteiger partial charge in [-0.25, -0.2) is 0 Å². The van der Waals surface area contributed by atoms with Gasteiger partial charge in [0.05, 0.1) is 11.1 Å². The van der Waals surface area contributed by atoms with Crippen molar-refractivity contribution >= 4 is 17.5 Å². The Balaban J connectivity index is 2.61. The molecule has 1 atom stereocenters. The Morgan fingerprint density at radius 3 is 2.65 bits per heavy atom. The average Bonchev–Trinajstić information content (AvgIpc) is 2.28. The summed E-state index contributed by atoms with van der Waals surface area (Å²) in [5.41, 5.74) is 0.351. The van der Waals surface area contributed by atoms with Crippen LogP contribution in [0.15, 0.2) is 18.2 Å². The number of amides is 1. The average molecular weight is 258 g/mol. The van der Waals surface area contributed by atoms with Crippen LogP contribution in [0.3, 0.4) is 0 Å². The Kier molecular flexibility index (Phi) is 4.78. The van der Waals surface area contributed by atoms with Crippen LogP contribution in [0.5, 0.6) is 5.75 Å². The van der Waals surface area contributed by atoms with Crippen LogP contribution in [0.25, 0.3) is 0 Å². The van der Waals surface area contributed by atoms with Crippen LogP contribution >= 0.6 is 11.6 Å². The van der Waals surface area contributed by atoms with Crippen LogP contribution in [-0.2, 0) is 0 Å². The Labute approximate surface area is 105 Å². The first-order chi connectivity index (χ1) is 7.91. The number of carbonyl (C=O) groups excluding carboxylic acids is 1. The van der Waals surface area contributed by atoms with Gasteiger partial charge in [0.15, 0.2) is 0 Å². The number of aromatic hydroxyl groups is 1. The Hall–Kier alpha value is -1.26. The molecule has 0 aliphatic rings. The number of rotatable bonds is 4. The highest BCUT2D eigenvalue weighted by Crippen LogP contribution is 2.23. The van der Waals surface area contributed by atoms with Gasteiger partial charge in [0.1, 0.15) is 5.75 Å². The molecule has 0 heterocycles. The summed E-state index contributed by atoms with van der Waals surface area (Å²) in [5, 5.41) is 21.5. The summed E-state index contributed by atoms with van der Waals surface area (Å²) in [6, 6.07) is 4.21. The van der Waals surface area contributed by atoms with E-state index in [2.05, 4.69) is 5.32 Å². The lowest BCUT2D eigenvalue weighted by Gasteiger charge is -2.15. The van der Waals surface area contributed by atoms with Gasteiger partial charge in [0.2, 0.25) is 0 Å². The molecule has 0 aromatic heterocycles. The highest BCUT2D eigenvalue weighted by atomic mass is 35.5. The third-order valence-corrected chi connectivity index (χ3v) is 2.75. The summed E-state index contributed by atoms with van der Waals surface area (Å²) >= 11 is 5.69. The van der Waals surface area contributed by atoms with Crippen molar-refractivity contribution in [1.29, 1.82) is 0 Å². The van der Waals surface area contributed by atoms with Gasteiger partial charge >= 0.3 is 0 Å². The molecular weight excluding hydrogens is 242 g/mol. The zero-order valence-electron chi connectivity index (χ0n) is 9.77. The standard InChI is InChI=1S/C12H16ClNO3/c1-7(2)11(16)6-14-12(17)8-3-4-10(15)9(13)5-8/h3-5,7,11,15-16H,6H2,1-2H3,(H,14,17). The van der Waals surface area contributed by atoms with Gasteiger partial charge in [0, 0.05) is 12.1 Å². The number of hydrogen-bond donors (Lipinski definition) is 3. The minimum atomic E-state index is -0.577. The normalized spacial score (nSPS) is 12.5. The van der Waals surface area contributed by atoms with E-state index in [1.807, 2.05) is 13.8 Å². The molecule has 0 bridgehead atoms. The topological polar surface area (TPSA) is 69.6 Å². The summed E-state index contributed by atoms with van der Waals surface area (Å²) in [4.78, 5) is 11.7. The highest BCUT2D eigenvalue weighted by Gasteiger charge is 2.12. The van der Waals surface area contributed by atoms with Gasteiger partial charge in [-0.05, 0) is 24.1 Å². The van der Waals surface area contributed by atoms with E-state index in [0.29, 0.717) is 5.56 Å². The van der Waals surface area contributed by atoms with E-state index >= 15 is 0 Å². The molecule has 0 radical (unpaired) electrons. The molecule has 0 saturated heterocycles. The minimum Gasteiger partial charge on any atom is -0.506 e. The van der Waals surface area contributed by atoms with Gasteiger partial charge in [0.25, 0.3) is 5.91 Å². The van der Waals surface area contributed by atoms with E-state index < -0.39 is 6.10 Å². The maximum absolute atomic E-state index is 11.7. The minimum absolute atomic E-state index is 0.0644. The van der Waals surface area contributed by atoms with Crippen molar-refractivity contribution < 1.29 is 15.0 Å². The summed E-state index contributed by atoms with van der Waals surface area (Å²) in [6.45, 7) is 3.93. The number of halogens is 1. The third kappa shape index (κ3) is 3.91. The predicted molar refractivity (Wildman–Crippen MR) is 66.3 cm³/mol. The van der Waals surface area contributed by atoms with Crippen LogP contribution in [0.1, 0.15) is 24.2 Å². The SMILES string of the molecule is CC(C)C(O)CNC(=O)c1ccc(O)c(Cl)c1. The molecule has 0 spiro atoms. The second kappa shape index (κ2) is 5.89. The second-order valence-electron chi connectivity index (χ2n) is 4.19. The number of phenols is 1. The van der Waals surface area contributed by atoms with E-state index in [9.17, 15) is 15.0 Å². The number of aliphatic hydroxyl groups excluding tert-OH is 1. The fraction of sp³-hybridized carbons (Fsp3) is 0.417. The van der Waals surface area contributed by atoms with Crippen molar-refractivity contribution in [3.05, 3.63) is 28.8 Å². The summed E-state index contributed by atoms with van der Waals surface area (Å²) in [5.74, 6) is -0.310. The molecule has 1 amide bonds. The molecule has 1 aromatic rings. The van der Waals surface area contributed by atoms with Crippen LogP contribution in [-0.4, -0.2) is 28.8 Å². The van der Waals surface area contributed by atoms with E-state index in [1.54, 1.807) is 0 Å². The van der Waals surface area contributed by atoms with E-state index in [-0.39, 0.29) is 29.1 Å². The van der Waals surface area contributed by atoms with Crippen LogP contribution in [0, 0.1) is 5.92 Å². The number of aliphatic hydroxyl groups is 1. The number of nitrogens with one attached hydrogen (secondary N) is 1. The molecule has 3 N–H and O–H groups in total. The molecule has 0 fully saturated rings. The van der Waals surface area contributed by atoms with Gasteiger partial charge in [-0.15, -0.1) is 0 Å². The summed E-state index contributed by atoms with van der Waals surface area (Å²) in [6.07, 6.45) is -0.577. The number of phenolic OH excluding ortho intramolecular Hbond substituents is 1. The van der Waals surface area contributed by atoms with Crippen LogP contribution in [0.4, 0.5) is 0 Å². The molecule has 1 aromatic carbocycles. The lowest BCUT2D eigenvalue weighted by Crippen LogP contribution is -2.34. The zero-order chi connectivity index (χ0) is 13.0. The molecule has 0 aliphatic carbocycles. The molecular formula is C12H16ClNO3. The molecule has 1 rings (SSSR count). The van der Waals surface area contributed by atoms with Crippen LogP contribution in [0.2, 0.25) is 5.02 Å². The lowest BCUT2D eigenvalue weighted by atomic mass is 10.1. The van der Waals surface area contributed by atoms with E-state index in [4.69, 9.17) is 11.6 Å². The Morgan fingerprint density at radius 1 is 1.47 bits per heavy atom. The summed E-state index contributed by atoms with van der Waals surface area (Å²) in [7, 11) is 0. The number of benzene rings is 1. The largest absolute Gasteiger partial charge is 0.506 e. The van der Waals surface area contributed by atoms with Gasteiger partial charge in [-0.3, -0.25) is 4.79 Å². The third-order valence-electron chi connectivity index (χ3n) is 2.45. The van der Waals surface area contributed by atoms with Gasteiger partial charge in [-0.1, -0.05) is 25.4 Å². The molecule has 1 unspecified atom stereocenters. The quantitative estimate of drug-likeness (QED) is 0.770. The van der Waals surface area contributed by atoms with Crippen molar-refractivity contribution in [3.63, 3.8) is 0 Å². The summed E-state index contributed by atoms with van der Waals surface area (Å²) < 4.78 is 0. The first-order valence-corrected chi connectivity index (χ1v) is 5.74. The number of hydrogen-bond acceptors (Lipinski definition) is 3.